The van der Waals surface area contributed by atoms with Gasteiger partial charge in [-0.15, -0.1) is 0 Å². The van der Waals surface area contributed by atoms with Gasteiger partial charge >= 0.3 is 0 Å². The van der Waals surface area contributed by atoms with E-state index >= 15 is 0 Å². The summed E-state index contributed by atoms with van der Waals surface area (Å²) in [6.07, 6.45) is 9.87. The van der Waals surface area contributed by atoms with E-state index in [1.165, 1.54) is 44.8 Å². The first-order chi connectivity index (χ1) is 8.86. The molecule has 19 heavy (non-hydrogen) atoms. The number of hydrogen-bond acceptors (Lipinski definition) is 3. The molecule has 0 heterocycles. The van der Waals surface area contributed by atoms with Crippen molar-refractivity contribution in [1.82, 2.24) is 5.32 Å². The molecule has 0 saturated heterocycles. The molecule has 0 aromatic heterocycles. The van der Waals surface area contributed by atoms with E-state index in [-0.39, 0.29) is 5.75 Å². The molecule has 4 fully saturated rings. The van der Waals surface area contributed by atoms with Gasteiger partial charge in [0.25, 0.3) is 0 Å². The van der Waals surface area contributed by atoms with Crippen LogP contribution in [0.2, 0.25) is 0 Å². The quantitative estimate of drug-likeness (QED) is 0.842. The summed E-state index contributed by atoms with van der Waals surface area (Å²) < 4.78 is 22.4. The predicted octanol–water partition coefficient (Wildman–Crippen LogP) is 2.23. The molecule has 3 nitrogen and oxygen atoms in total. The second-order valence-corrected chi connectivity index (χ2v) is 9.85. The van der Waals surface area contributed by atoms with E-state index in [2.05, 4.69) is 12.2 Å². The lowest BCUT2D eigenvalue weighted by molar-refractivity contribution is -0.0700. The first kappa shape index (κ1) is 13.9. The zero-order valence-corrected chi connectivity index (χ0v) is 13.0. The smallest absolute Gasteiger partial charge is 0.148 e. The van der Waals surface area contributed by atoms with Crippen LogP contribution < -0.4 is 5.32 Å². The van der Waals surface area contributed by atoms with Crippen molar-refractivity contribution in [3.05, 3.63) is 0 Å². The Morgan fingerprint density at radius 1 is 1.11 bits per heavy atom. The summed E-state index contributed by atoms with van der Waals surface area (Å²) in [6.45, 7) is 2.90. The third kappa shape index (κ3) is 2.85. The number of nitrogens with one attached hydrogen (secondary N) is 1. The largest absolute Gasteiger partial charge is 0.313 e. The van der Waals surface area contributed by atoms with Gasteiger partial charge in [-0.1, -0.05) is 0 Å². The summed E-state index contributed by atoms with van der Waals surface area (Å²) in [4.78, 5) is 0. The van der Waals surface area contributed by atoms with E-state index in [9.17, 15) is 8.42 Å². The van der Waals surface area contributed by atoms with Crippen LogP contribution in [0, 0.1) is 23.2 Å². The van der Waals surface area contributed by atoms with E-state index in [0.717, 1.165) is 17.8 Å². The van der Waals surface area contributed by atoms with Gasteiger partial charge in [-0.05, 0) is 68.6 Å². The van der Waals surface area contributed by atoms with E-state index < -0.39 is 9.84 Å². The van der Waals surface area contributed by atoms with E-state index in [1.807, 2.05) is 0 Å². The van der Waals surface area contributed by atoms with Crippen LogP contribution in [0.5, 0.6) is 0 Å². The van der Waals surface area contributed by atoms with Gasteiger partial charge in [0.15, 0.2) is 0 Å². The lowest BCUT2D eigenvalue weighted by Gasteiger charge is -2.59. The Hall–Kier alpha value is -0.0900. The van der Waals surface area contributed by atoms with Crippen LogP contribution in [0.3, 0.4) is 0 Å². The minimum atomic E-state index is -2.84. The molecule has 0 aliphatic heterocycles. The molecule has 0 aromatic rings. The fourth-order valence-corrected chi connectivity index (χ4v) is 5.87. The maximum Gasteiger partial charge on any atom is 0.148 e. The van der Waals surface area contributed by atoms with Crippen LogP contribution in [-0.4, -0.2) is 33.0 Å². The summed E-state index contributed by atoms with van der Waals surface area (Å²) in [5, 5.41) is 3.52. The van der Waals surface area contributed by atoms with E-state index in [4.69, 9.17) is 0 Å². The average molecular weight is 285 g/mol. The molecule has 0 spiro atoms. The Bertz CT molecular complexity index is 408. The third-order valence-corrected chi connectivity index (χ3v) is 6.87. The Balaban J connectivity index is 1.61. The summed E-state index contributed by atoms with van der Waals surface area (Å²) in [5.41, 5.74) is 0.478. The van der Waals surface area contributed by atoms with Crippen molar-refractivity contribution in [3.63, 3.8) is 0 Å². The fraction of sp³-hybridized carbons (Fsp3) is 1.00. The van der Waals surface area contributed by atoms with Gasteiger partial charge in [0.05, 0.1) is 5.75 Å². The monoisotopic (exact) mass is 285 g/mol. The standard InChI is InChI=1S/C15H27NO2S/c1-11(16-3-4-19(2,17)18)15-8-12-5-13(9-15)7-14(6-12)10-15/h11-14,16H,3-10H2,1-2H3. The van der Waals surface area contributed by atoms with E-state index in [0.29, 0.717) is 18.0 Å². The number of rotatable bonds is 5. The minimum Gasteiger partial charge on any atom is -0.313 e. The van der Waals surface area contributed by atoms with Crippen LogP contribution in [0.25, 0.3) is 0 Å². The van der Waals surface area contributed by atoms with Crippen LogP contribution >= 0.6 is 0 Å². The minimum absolute atomic E-state index is 0.268. The Kier molecular flexibility index (Phi) is 3.45. The molecule has 0 aromatic carbocycles. The first-order valence-corrected chi connectivity index (χ1v) is 9.83. The number of sulfone groups is 1. The molecule has 110 valence electrons. The molecular weight excluding hydrogens is 258 g/mol. The second kappa shape index (κ2) is 4.73. The van der Waals surface area contributed by atoms with Gasteiger partial charge in [-0.2, -0.15) is 0 Å². The van der Waals surface area contributed by atoms with Crippen molar-refractivity contribution in [2.45, 2.75) is 51.5 Å². The lowest BCUT2D eigenvalue weighted by atomic mass is 9.48. The van der Waals surface area contributed by atoms with Crippen LogP contribution in [0.15, 0.2) is 0 Å². The zero-order chi connectivity index (χ0) is 13.7. The highest BCUT2D eigenvalue weighted by molar-refractivity contribution is 7.90. The highest BCUT2D eigenvalue weighted by atomic mass is 32.2. The average Bonchev–Trinajstić information content (AvgIpc) is 2.25. The second-order valence-electron chi connectivity index (χ2n) is 7.59. The van der Waals surface area contributed by atoms with Gasteiger partial charge < -0.3 is 5.32 Å². The molecule has 4 rings (SSSR count). The Morgan fingerprint density at radius 2 is 1.58 bits per heavy atom. The maximum absolute atomic E-state index is 11.2. The first-order valence-electron chi connectivity index (χ1n) is 7.77. The van der Waals surface area contributed by atoms with Crippen molar-refractivity contribution >= 4 is 9.84 Å². The number of hydrogen-bond donors (Lipinski definition) is 1. The van der Waals surface area contributed by atoms with Crippen molar-refractivity contribution in [1.29, 1.82) is 0 Å². The highest BCUT2D eigenvalue weighted by Gasteiger charge is 2.52. The summed E-state index contributed by atoms with van der Waals surface area (Å²) in [6, 6.07) is 0.475. The van der Waals surface area contributed by atoms with Gasteiger partial charge in [0, 0.05) is 18.8 Å². The van der Waals surface area contributed by atoms with Crippen molar-refractivity contribution in [2.24, 2.45) is 23.2 Å². The Morgan fingerprint density at radius 3 is 2.00 bits per heavy atom. The molecule has 0 amide bonds. The van der Waals surface area contributed by atoms with Gasteiger partial charge in [-0.25, -0.2) is 8.42 Å². The summed E-state index contributed by atoms with van der Waals surface area (Å²) in [7, 11) is -2.84. The van der Waals surface area contributed by atoms with Crippen molar-refractivity contribution < 1.29 is 8.42 Å². The molecule has 1 N–H and O–H groups in total. The predicted molar refractivity (Wildman–Crippen MR) is 77.8 cm³/mol. The highest BCUT2D eigenvalue weighted by Crippen LogP contribution is 2.61. The summed E-state index contributed by atoms with van der Waals surface area (Å²) >= 11 is 0. The van der Waals surface area contributed by atoms with Gasteiger partial charge in [0.2, 0.25) is 0 Å². The van der Waals surface area contributed by atoms with Gasteiger partial charge in [-0.3, -0.25) is 0 Å². The molecular formula is C15H27NO2S. The lowest BCUT2D eigenvalue weighted by Crippen LogP contribution is -2.55. The Labute approximate surface area is 117 Å². The normalized spacial score (nSPS) is 42.5. The van der Waals surface area contributed by atoms with E-state index in [1.54, 1.807) is 0 Å². The molecule has 4 aliphatic rings. The molecule has 1 unspecified atom stereocenters. The molecule has 4 aliphatic carbocycles. The fourth-order valence-electron chi connectivity index (χ4n) is 5.39. The molecule has 4 heteroatoms. The topological polar surface area (TPSA) is 46.2 Å². The summed E-state index contributed by atoms with van der Waals surface area (Å²) in [5.74, 6) is 3.16. The SMILES string of the molecule is CC(NCCS(C)(=O)=O)C12CC3CC(CC(C3)C1)C2. The van der Waals surface area contributed by atoms with Crippen LogP contribution in [-0.2, 0) is 9.84 Å². The van der Waals surface area contributed by atoms with Crippen molar-refractivity contribution in [2.75, 3.05) is 18.6 Å². The van der Waals surface area contributed by atoms with Crippen LogP contribution in [0.1, 0.15) is 45.4 Å². The maximum atomic E-state index is 11.2. The third-order valence-electron chi connectivity index (χ3n) is 5.93. The zero-order valence-electron chi connectivity index (χ0n) is 12.2. The van der Waals surface area contributed by atoms with Crippen LogP contribution in [0.4, 0.5) is 0 Å². The molecule has 4 saturated carbocycles. The molecule has 1 atom stereocenters. The van der Waals surface area contributed by atoms with Gasteiger partial charge in [0.1, 0.15) is 9.84 Å². The molecule has 0 radical (unpaired) electrons. The molecule has 4 bridgehead atoms. The van der Waals surface area contributed by atoms with Crippen molar-refractivity contribution in [3.8, 4) is 0 Å².